The molecule has 0 fully saturated rings. The number of amides is 1. The molecule has 0 aliphatic heterocycles. The summed E-state index contributed by atoms with van der Waals surface area (Å²) in [5.41, 5.74) is 1.08. The molecule has 9 heteroatoms. The lowest BCUT2D eigenvalue weighted by Gasteiger charge is -2.18. The quantitative estimate of drug-likeness (QED) is 0.559. The largest absolute Gasteiger partial charge is 0.452 e. The molecule has 0 unspecified atom stereocenters. The molecule has 2 rings (SSSR count). The van der Waals surface area contributed by atoms with E-state index in [9.17, 15) is 18.0 Å². The van der Waals surface area contributed by atoms with E-state index in [1.54, 1.807) is 26.0 Å². The number of halogens is 1. The van der Waals surface area contributed by atoms with Gasteiger partial charge in [-0.2, -0.15) is 4.31 Å². The number of nitrogens with zero attached hydrogens (tertiary/aromatic N) is 1. The third-order valence-corrected chi connectivity index (χ3v) is 6.69. The van der Waals surface area contributed by atoms with Gasteiger partial charge in [-0.1, -0.05) is 43.6 Å². The first-order chi connectivity index (χ1) is 14.3. The van der Waals surface area contributed by atoms with Crippen LogP contribution in [0.4, 0.5) is 0 Å². The lowest BCUT2D eigenvalue weighted by atomic mass is 10.1. The molecule has 0 aliphatic carbocycles. The number of nitrogens with one attached hydrogen (secondary N) is 1. The van der Waals surface area contributed by atoms with Crippen molar-refractivity contribution in [2.24, 2.45) is 0 Å². The van der Waals surface area contributed by atoms with Crippen molar-refractivity contribution in [1.29, 1.82) is 0 Å². The Labute approximate surface area is 182 Å². The summed E-state index contributed by atoms with van der Waals surface area (Å²) < 4.78 is 31.5. The first kappa shape index (κ1) is 23.9. The topological polar surface area (TPSA) is 92.8 Å². The maximum Gasteiger partial charge on any atom is 0.338 e. The van der Waals surface area contributed by atoms with Crippen molar-refractivity contribution in [3.8, 4) is 0 Å². The maximum absolute atomic E-state index is 12.6. The molecule has 0 spiro atoms. The monoisotopic (exact) mass is 452 g/mol. The fourth-order valence-electron chi connectivity index (χ4n) is 2.76. The predicted molar refractivity (Wildman–Crippen MR) is 115 cm³/mol. The summed E-state index contributed by atoms with van der Waals surface area (Å²) in [5.74, 6) is -1.20. The third kappa shape index (κ3) is 6.55. The number of carbonyl (C=O) groups excluding carboxylic acids is 2. The van der Waals surface area contributed by atoms with Gasteiger partial charge >= 0.3 is 5.97 Å². The molecule has 1 amide bonds. The number of esters is 1. The van der Waals surface area contributed by atoms with Gasteiger partial charge in [0.15, 0.2) is 6.61 Å². The van der Waals surface area contributed by atoms with Crippen molar-refractivity contribution < 1.29 is 22.7 Å². The highest BCUT2D eigenvalue weighted by atomic mass is 35.5. The van der Waals surface area contributed by atoms with Crippen LogP contribution in [0.15, 0.2) is 53.4 Å². The minimum absolute atomic E-state index is 0.00747. The first-order valence-electron chi connectivity index (χ1n) is 9.56. The SMILES string of the molecule is CCN(CC)S(=O)(=O)c1cccc(C(=O)OCC(=O)NCCc2ccc(Cl)cc2)c1. The van der Waals surface area contributed by atoms with Crippen LogP contribution in [0.5, 0.6) is 0 Å². The Balaban J connectivity index is 1.88. The van der Waals surface area contributed by atoms with Crippen LogP contribution in [-0.4, -0.2) is 50.8 Å². The van der Waals surface area contributed by atoms with Gasteiger partial charge in [0.05, 0.1) is 10.5 Å². The summed E-state index contributed by atoms with van der Waals surface area (Å²) >= 11 is 5.83. The van der Waals surface area contributed by atoms with Crippen LogP contribution in [0.3, 0.4) is 0 Å². The highest BCUT2D eigenvalue weighted by Crippen LogP contribution is 2.17. The lowest BCUT2D eigenvalue weighted by Crippen LogP contribution is -2.31. The van der Waals surface area contributed by atoms with Crippen LogP contribution in [0.2, 0.25) is 5.02 Å². The van der Waals surface area contributed by atoms with Gasteiger partial charge in [-0.25, -0.2) is 13.2 Å². The van der Waals surface area contributed by atoms with E-state index in [4.69, 9.17) is 16.3 Å². The highest BCUT2D eigenvalue weighted by molar-refractivity contribution is 7.89. The van der Waals surface area contributed by atoms with Gasteiger partial charge in [0.2, 0.25) is 10.0 Å². The zero-order chi connectivity index (χ0) is 22.1. The minimum Gasteiger partial charge on any atom is -0.452 e. The third-order valence-electron chi connectivity index (χ3n) is 4.40. The van der Waals surface area contributed by atoms with E-state index in [2.05, 4.69) is 5.32 Å². The Hall–Kier alpha value is -2.42. The van der Waals surface area contributed by atoms with E-state index in [-0.39, 0.29) is 10.5 Å². The molecule has 2 aromatic rings. The van der Waals surface area contributed by atoms with Gasteiger partial charge in [-0.05, 0) is 42.3 Å². The number of rotatable bonds is 10. The molecule has 0 atom stereocenters. The molecule has 2 aromatic carbocycles. The predicted octanol–water partition coefficient (Wildman–Crippen LogP) is 2.89. The van der Waals surface area contributed by atoms with E-state index < -0.39 is 28.5 Å². The molecule has 30 heavy (non-hydrogen) atoms. The summed E-state index contributed by atoms with van der Waals surface area (Å²) in [5, 5.41) is 3.31. The highest BCUT2D eigenvalue weighted by Gasteiger charge is 2.23. The van der Waals surface area contributed by atoms with Crippen molar-refractivity contribution in [2.45, 2.75) is 25.2 Å². The minimum atomic E-state index is -3.69. The van der Waals surface area contributed by atoms with Crippen molar-refractivity contribution in [3.05, 3.63) is 64.7 Å². The summed E-state index contributed by atoms with van der Waals surface area (Å²) in [6.07, 6.45) is 0.613. The summed E-state index contributed by atoms with van der Waals surface area (Å²) in [4.78, 5) is 24.2. The number of benzene rings is 2. The van der Waals surface area contributed by atoms with Gasteiger partial charge in [0, 0.05) is 24.7 Å². The molecule has 0 aromatic heterocycles. The van der Waals surface area contributed by atoms with Gasteiger partial charge in [0.1, 0.15) is 0 Å². The standard InChI is InChI=1S/C21H25ClN2O5S/c1-3-24(4-2)30(27,28)19-7-5-6-17(14-19)21(26)29-15-20(25)23-13-12-16-8-10-18(22)11-9-16/h5-11,14H,3-4,12-13,15H2,1-2H3,(H,23,25). The number of ether oxygens (including phenoxy) is 1. The Morgan fingerprint density at radius 2 is 1.73 bits per heavy atom. The Kier molecular flexibility index (Phi) is 8.83. The average Bonchev–Trinajstić information content (AvgIpc) is 2.74. The molecule has 0 radical (unpaired) electrons. The van der Waals surface area contributed by atoms with Crippen molar-refractivity contribution in [3.63, 3.8) is 0 Å². The summed E-state index contributed by atoms with van der Waals surface area (Å²) in [6, 6.07) is 12.9. The molecule has 0 saturated carbocycles. The number of hydrogen-bond acceptors (Lipinski definition) is 5. The van der Waals surface area contributed by atoms with E-state index in [1.807, 2.05) is 12.1 Å². The fraction of sp³-hybridized carbons (Fsp3) is 0.333. The van der Waals surface area contributed by atoms with E-state index in [0.717, 1.165) is 5.56 Å². The van der Waals surface area contributed by atoms with Crippen LogP contribution < -0.4 is 5.32 Å². The van der Waals surface area contributed by atoms with Crippen LogP contribution in [0.1, 0.15) is 29.8 Å². The van der Waals surface area contributed by atoms with Crippen LogP contribution >= 0.6 is 11.6 Å². The van der Waals surface area contributed by atoms with Crippen molar-refractivity contribution in [1.82, 2.24) is 9.62 Å². The Morgan fingerprint density at radius 3 is 2.37 bits per heavy atom. The van der Waals surface area contributed by atoms with Crippen molar-refractivity contribution >= 4 is 33.5 Å². The normalized spacial score (nSPS) is 11.3. The Morgan fingerprint density at radius 1 is 1.07 bits per heavy atom. The number of hydrogen-bond donors (Lipinski definition) is 1. The molecule has 0 heterocycles. The maximum atomic E-state index is 12.6. The molecule has 1 N–H and O–H groups in total. The van der Waals surface area contributed by atoms with E-state index >= 15 is 0 Å². The van der Waals surface area contributed by atoms with E-state index in [0.29, 0.717) is 31.1 Å². The van der Waals surface area contributed by atoms with E-state index in [1.165, 1.54) is 28.6 Å². The molecule has 7 nitrogen and oxygen atoms in total. The van der Waals surface area contributed by atoms with Gasteiger partial charge in [-0.15, -0.1) is 0 Å². The smallest absolute Gasteiger partial charge is 0.338 e. The molecule has 0 aliphatic rings. The number of carbonyl (C=O) groups is 2. The molecule has 162 valence electrons. The summed E-state index contributed by atoms with van der Waals surface area (Å²) in [6.45, 7) is 4.06. The molecular formula is C21H25ClN2O5S. The summed E-state index contributed by atoms with van der Waals surface area (Å²) in [7, 11) is -3.69. The average molecular weight is 453 g/mol. The number of sulfonamides is 1. The Bertz CT molecular complexity index is 973. The zero-order valence-corrected chi connectivity index (χ0v) is 18.5. The lowest BCUT2D eigenvalue weighted by molar-refractivity contribution is -0.124. The molecular weight excluding hydrogens is 428 g/mol. The van der Waals surface area contributed by atoms with Crippen LogP contribution in [0, 0.1) is 0 Å². The second-order valence-electron chi connectivity index (χ2n) is 6.42. The van der Waals surface area contributed by atoms with Crippen molar-refractivity contribution in [2.75, 3.05) is 26.2 Å². The molecule has 0 bridgehead atoms. The second kappa shape index (κ2) is 11.1. The van der Waals surface area contributed by atoms with Crippen LogP contribution in [-0.2, 0) is 26.0 Å². The zero-order valence-electron chi connectivity index (χ0n) is 16.9. The second-order valence-corrected chi connectivity index (χ2v) is 8.79. The fourth-order valence-corrected chi connectivity index (χ4v) is 4.39. The first-order valence-corrected chi connectivity index (χ1v) is 11.4. The molecule has 0 saturated heterocycles. The van der Waals surface area contributed by atoms with Gasteiger partial charge in [-0.3, -0.25) is 4.79 Å². The van der Waals surface area contributed by atoms with Gasteiger partial charge in [0.25, 0.3) is 5.91 Å². The van der Waals surface area contributed by atoms with Gasteiger partial charge < -0.3 is 10.1 Å². The van der Waals surface area contributed by atoms with Crippen LogP contribution in [0.25, 0.3) is 0 Å².